The maximum Gasteiger partial charge on any atom is 0.233 e. The van der Waals surface area contributed by atoms with Crippen LogP contribution in [0.4, 0.5) is 4.39 Å². The third kappa shape index (κ3) is 1.94. The van der Waals surface area contributed by atoms with E-state index in [1.54, 1.807) is 23.1 Å². The molecule has 1 aliphatic carbocycles. The molecular formula is C16H20FNO2. The minimum Gasteiger partial charge on any atom is -0.394 e. The van der Waals surface area contributed by atoms with Crippen molar-refractivity contribution in [3.63, 3.8) is 0 Å². The summed E-state index contributed by atoms with van der Waals surface area (Å²) in [5.74, 6) is -0.286. The van der Waals surface area contributed by atoms with Crippen LogP contribution in [0, 0.1) is 5.82 Å². The first-order chi connectivity index (χ1) is 9.69. The van der Waals surface area contributed by atoms with E-state index in [-0.39, 0.29) is 24.4 Å². The van der Waals surface area contributed by atoms with Crippen LogP contribution in [0.5, 0.6) is 0 Å². The molecule has 1 aromatic carbocycles. The molecule has 1 saturated carbocycles. The number of hydrogen-bond acceptors (Lipinski definition) is 2. The van der Waals surface area contributed by atoms with Crippen molar-refractivity contribution in [1.82, 2.24) is 4.90 Å². The SMILES string of the molecule is O=C(N1CCCC1CO)C1(c2ccccc2F)CCC1. The molecule has 108 valence electrons. The van der Waals surface area contributed by atoms with Gasteiger partial charge in [0, 0.05) is 12.1 Å². The molecule has 2 fully saturated rings. The number of hydrogen-bond donors (Lipinski definition) is 1. The molecular weight excluding hydrogens is 257 g/mol. The lowest BCUT2D eigenvalue weighted by Gasteiger charge is -2.44. The first-order valence-electron chi connectivity index (χ1n) is 7.36. The van der Waals surface area contributed by atoms with Gasteiger partial charge < -0.3 is 10.0 Å². The zero-order chi connectivity index (χ0) is 14.2. The van der Waals surface area contributed by atoms with Gasteiger partial charge in [0.05, 0.1) is 18.1 Å². The number of aliphatic hydroxyl groups is 1. The van der Waals surface area contributed by atoms with E-state index in [1.807, 2.05) is 0 Å². The average Bonchev–Trinajstić information content (AvgIpc) is 2.87. The summed E-state index contributed by atoms with van der Waals surface area (Å²) < 4.78 is 14.1. The Hall–Kier alpha value is -1.42. The number of carbonyl (C=O) groups excluding carboxylic acids is 1. The summed E-state index contributed by atoms with van der Waals surface area (Å²) in [6, 6.07) is 6.51. The van der Waals surface area contributed by atoms with Gasteiger partial charge in [0.25, 0.3) is 0 Å². The summed E-state index contributed by atoms with van der Waals surface area (Å²) in [7, 11) is 0. The molecule has 0 radical (unpaired) electrons. The predicted octanol–water partition coefficient (Wildman–Crippen LogP) is 2.23. The lowest BCUT2D eigenvalue weighted by atomic mass is 9.63. The zero-order valence-electron chi connectivity index (χ0n) is 11.5. The summed E-state index contributed by atoms with van der Waals surface area (Å²) in [6.45, 7) is 0.680. The molecule has 20 heavy (non-hydrogen) atoms. The highest BCUT2D eigenvalue weighted by Crippen LogP contribution is 2.47. The van der Waals surface area contributed by atoms with Crippen molar-refractivity contribution in [2.24, 2.45) is 0 Å². The van der Waals surface area contributed by atoms with E-state index >= 15 is 0 Å². The van der Waals surface area contributed by atoms with Crippen LogP contribution in [0.2, 0.25) is 0 Å². The van der Waals surface area contributed by atoms with Crippen molar-refractivity contribution < 1.29 is 14.3 Å². The van der Waals surface area contributed by atoms with Crippen LogP contribution in [0.1, 0.15) is 37.7 Å². The Morgan fingerprint density at radius 1 is 1.35 bits per heavy atom. The predicted molar refractivity (Wildman–Crippen MR) is 73.7 cm³/mol. The molecule has 1 N–H and O–H groups in total. The van der Waals surface area contributed by atoms with E-state index < -0.39 is 5.41 Å². The summed E-state index contributed by atoms with van der Waals surface area (Å²) >= 11 is 0. The summed E-state index contributed by atoms with van der Waals surface area (Å²) in [6.07, 6.45) is 4.14. The van der Waals surface area contributed by atoms with Gasteiger partial charge in [-0.3, -0.25) is 4.79 Å². The molecule has 0 spiro atoms. The highest BCUT2D eigenvalue weighted by molar-refractivity contribution is 5.89. The molecule has 3 nitrogen and oxygen atoms in total. The van der Waals surface area contributed by atoms with Crippen molar-refractivity contribution in [3.8, 4) is 0 Å². The van der Waals surface area contributed by atoms with E-state index in [9.17, 15) is 14.3 Å². The van der Waals surface area contributed by atoms with Crippen LogP contribution in [-0.4, -0.2) is 35.1 Å². The van der Waals surface area contributed by atoms with E-state index in [0.717, 1.165) is 19.3 Å². The van der Waals surface area contributed by atoms with Gasteiger partial charge in [-0.2, -0.15) is 0 Å². The van der Waals surface area contributed by atoms with Crippen LogP contribution < -0.4 is 0 Å². The Labute approximate surface area is 118 Å². The number of carbonyl (C=O) groups is 1. The second-order valence-corrected chi connectivity index (χ2v) is 5.89. The zero-order valence-corrected chi connectivity index (χ0v) is 11.5. The quantitative estimate of drug-likeness (QED) is 0.920. The van der Waals surface area contributed by atoms with Crippen molar-refractivity contribution in [2.45, 2.75) is 43.6 Å². The van der Waals surface area contributed by atoms with Crippen LogP contribution in [0.25, 0.3) is 0 Å². The maximum atomic E-state index is 14.1. The van der Waals surface area contributed by atoms with E-state index in [4.69, 9.17) is 0 Å². The number of aliphatic hydroxyl groups excluding tert-OH is 1. The fraction of sp³-hybridized carbons (Fsp3) is 0.562. The summed E-state index contributed by atoms with van der Waals surface area (Å²) in [4.78, 5) is 14.7. The van der Waals surface area contributed by atoms with Gasteiger partial charge >= 0.3 is 0 Å². The van der Waals surface area contributed by atoms with Crippen LogP contribution in [-0.2, 0) is 10.2 Å². The minimum atomic E-state index is -0.691. The third-order valence-corrected chi connectivity index (χ3v) is 4.85. The van der Waals surface area contributed by atoms with Gasteiger partial charge in [-0.1, -0.05) is 24.6 Å². The Morgan fingerprint density at radius 3 is 2.70 bits per heavy atom. The van der Waals surface area contributed by atoms with Gasteiger partial charge in [0.1, 0.15) is 5.82 Å². The maximum absolute atomic E-state index is 14.1. The van der Waals surface area contributed by atoms with Crippen molar-refractivity contribution >= 4 is 5.91 Å². The fourth-order valence-corrected chi connectivity index (χ4v) is 3.55. The second-order valence-electron chi connectivity index (χ2n) is 5.89. The average molecular weight is 277 g/mol. The molecule has 4 heteroatoms. The number of amides is 1. The molecule has 1 heterocycles. The monoisotopic (exact) mass is 277 g/mol. The Morgan fingerprint density at radius 2 is 2.10 bits per heavy atom. The van der Waals surface area contributed by atoms with Crippen LogP contribution in [0.15, 0.2) is 24.3 Å². The topological polar surface area (TPSA) is 40.5 Å². The van der Waals surface area contributed by atoms with E-state index in [1.165, 1.54) is 6.07 Å². The first kappa shape index (κ1) is 13.6. The van der Waals surface area contributed by atoms with Crippen LogP contribution >= 0.6 is 0 Å². The molecule has 3 rings (SSSR count). The van der Waals surface area contributed by atoms with Crippen molar-refractivity contribution in [3.05, 3.63) is 35.6 Å². The summed E-state index contributed by atoms with van der Waals surface area (Å²) in [5, 5.41) is 9.40. The molecule has 1 aromatic rings. The fourth-order valence-electron chi connectivity index (χ4n) is 3.55. The number of benzene rings is 1. The smallest absolute Gasteiger partial charge is 0.233 e. The molecule has 1 atom stereocenters. The summed E-state index contributed by atoms with van der Waals surface area (Å²) in [5.41, 5.74) is -0.164. The molecule has 1 amide bonds. The number of nitrogens with zero attached hydrogens (tertiary/aromatic N) is 1. The van der Waals surface area contributed by atoms with Gasteiger partial charge in [-0.25, -0.2) is 4.39 Å². The molecule has 2 aliphatic rings. The van der Waals surface area contributed by atoms with Crippen LogP contribution in [0.3, 0.4) is 0 Å². The second kappa shape index (κ2) is 5.17. The van der Waals surface area contributed by atoms with Gasteiger partial charge in [-0.15, -0.1) is 0 Å². The number of rotatable bonds is 3. The molecule has 1 unspecified atom stereocenters. The number of likely N-dealkylation sites (tertiary alicyclic amines) is 1. The molecule has 0 aromatic heterocycles. The Bertz CT molecular complexity index is 513. The highest BCUT2D eigenvalue weighted by Gasteiger charge is 2.50. The molecule has 1 aliphatic heterocycles. The van der Waals surface area contributed by atoms with Gasteiger partial charge in [0.2, 0.25) is 5.91 Å². The van der Waals surface area contributed by atoms with E-state index in [0.29, 0.717) is 24.9 Å². The van der Waals surface area contributed by atoms with Gasteiger partial charge in [-0.05, 0) is 31.7 Å². The Balaban J connectivity index is 1.93. The molecule has 1 saturated heterocycles. The Kier molecular flexibility index (Phi) is 3.50. The minimum absolute atomic E-state index is 0.000901. The van der Waals surface area contributed by atoms with Gasteiger partial charge in [0.15, 0.2) is 0 Å². The highest BCUT2D eigenvalue weighted by atomic mass is 19.1. The standard InChI is InChI=1S/C16H20FNO2/c17-14-7-2-1-6-13(14)16(8-4-9-16)15(20)18-10-3-5-12(18)11-19/h1-2,6-7,12,19H,3-5,8-11H2. The first-order valence-corrected chi connectivity index (χ1v) is 7.36. The largest absolute Gasteiger partial charge is 0.394 e. The third-order valence-electron chi connectivity index (χ3n) is 4.85. The van der Waals surface area contributed by atoms with Crippen molar-refractivity contribution in [1.29, 1.82) is 0 Å². The normalized spacial score (nSPS) is 24.5. The number of halogens is 1. The van der Waals surface area contributed by atoms with E-state index in [2.05, 4.69) is 0 Å². The molecule has 0 bridgehead atoms. The lowest BCUT2D eigenvalue weighted by molar-refractivity contribution is -0.142. The van der Waals surface area contributed by atoms with Crippen molar-refractivity contribution in [2.75, 3.05) is 13.2 Å². The lowest BCUT2D eigenvalue weighted by Crippen LogP contribution is -2.53.